The molecule has 0 spiro atoms. The maximum Gasteiger partial charge on any atom is 0.320 e. The van der Waals surface area contributed by atoms with E-state index < -0.39 is 12.0 Å². The van der Waals surface area contributed by atoms with Gasteiger partial charge in [0.1, 0.15) is 11.8 Å². The second-order valence-electron chi connectivity index (χ2n) is 3.40. The number of nitrogens with two attached hydrogens (primary N) is 1. The molecule has 1 aromatic rings. The minimum atomic E-state index is -1.02. The fraction of sp³-hybridized carbons (Fsp3) is 0.556. The van der Waals surface area contributed by atoms with Crippen molar-refractivity contribution in [1.82, 2.24) is 5.16 Å². The van der Waals surface area contributed by atoms with E-state index in [4.69, 9.17) is 15.4 Å². The molecule has 1 atom stereocenters. The Balaban J connectivity index is 2.45. The maximum atomic E-state index is 11.2. The van der Waals surface area contributed by atoms with E-state index in [1.807, 2.05) is 0 Å². The van der Waals surface area contributed by atoms with Crippen molar-refractivity contribution in [2.24, 2.45) is 5.73 Å². The third-order valence-corrected chi connectivity index (χ3v) is 2.25. The van der Waals surface area contributed by atoms with Crippen molar-refractivity contribution in [2.45, 2.75) is 32.2 Å². The summed E-state index contributed by atoms with van der Waals surface area (Å²) in [5, 5.41) is 10.8. The normalized spacial score (nSPS) is 12.7. The lowest BCUT2D eigenvalue weighted by Crippen LogP contribution is -2.30. The van der Waals surface area contributed by atoms with Crippen molar-refractivity contribution in [3.05, 3.63) is 21.7 Å². The highest BCUT2D eigenvalue weighted by Gasteiger charge is 2.13. The van der Waals surface area contributed by atoms with E-state index in [-0.39, 0.29) is 5.56 Å². The molecule has 0 bridgehead atoms. The number of aromatic nitrogens is 1. The Kier molecular flexibility index (Phi) is 3.68. The Morgan fingerprint density at radius 2 is 2.33 bits per heavy atom. The highest BCUT2D eigenvalue weighted by molar-refractivity contribution is 5.72. The summed E-state index contributed by atoms with van der Waals surface area (Å²) in [6.45, 7) is 1.68. The zero-order chi connectivity index (χ0) is 11.4. The van der Waals surface area contributed by atoms with Gasteiger partial charge < -0.3 is 15.4 Å². The molecule has 4 N–H and O–H groups in total. The molecule has 0 saturated heterocycles. The Hall–Kier alpha value is -1.56. The van der Waals surface area contributed by atoms with E-state index in [9.17, 15) is 9.59 Å². The average molecular weight is 214 g/mol. The zero-order valence-electron chi connectivity index (χ0n) is 8.45. The van der Waals surface area contributed by atoms with Gasteiger partial charge in [0, 0.05) is 0 Å². The summed E-state index contributed by atoms with van der Waals surface area (Å²) in [6.07, 6.45) is 1.38. The Labute approximate surface area is 86.0 Å². The lowest BCUT2D eigenvalue weighted by atomic mass is 10.1. The molecule has 0 fully saturated rings. The van der Waals surface area contributed by atoms with Crippen molar-refractivity contribution in [3.8, 4) is 0 Å². The lowest BCUT2D eigenvalue weighted by Gasteiger charge is -2.04. The Morgan fingerprint density at radius 3 is 2.80 bits per heavy atom. The predicted molar refractivity (Wildman–Crippen MR) is 52.6 cm³/mol. The summed E-state index contributed by atoms with van der Waals surface area (Å²) >= 11 is 0. The van der Waals surface area contributed by atoms with Crippen LogP contribution in [0.3, 0.4) is 0 Å². The second kappa shape index (κ2) is 4.79. The third kappa shape index (κ3) is 2.95. The van der Waals surface area contributed by atoms with Crippen LogP contribution < -0.4 is 11.3 Å². The number of carboxylic acids is 1. The van der Waals surface area contributed by atoms with E-state index in [2.05, 4.69) is 5.16 Å². The van der Waals surface area contributed by atoms with E-state index in [0.717, 1.165) is 0 Å². The zero-order valence-corrected chi connectivity index (χ0v) is 8.45. The van der Waals surface area contributed by atoms with Gasteiger partial charge >= 0.3 is 5.97 Å². The largest absolute Gasteiger partial charge is 0.480 e. The molecule has 1 aromatic heterocycles. The van der Waals surface area contributed by atoms with Gasteiger partial charge in [-0.15, -0.1) is 0 Å². The monoisotopic (exact) mass is 214 g/mol. The fourth-order valence-corrected chi connectivity index (χ4v) is 1.32. The van der Waals surface area contributed by atoms with Gasteiger partial charge in [-0.25, -0.2) is 0 Å². The van der Waals surface area contributed by atoms with Crippen LogP contribution in [0.25, 0.3) is 0 Å². The van der Waals surface area contributed by atoms with E-state index in [1.165, 1.54) is 0 Å². The second-order valence-corrected chi connectivity index (χ2v) is 3.40. The van der Waals surface area contributed by atoms with Crippen LogP contribution in [-0.4, -0.2) is 22.3 Å². The summed E-state index contributed by atoms with van der Waals surface area (Å²) in [5.41, 5.74) is 5.63. The molecule has 1 rings (SSSR count). The molecular formula is C9H14N2O4. The molecule has 6 nitrogen and oxygen atoms in total. The first-order valence-electron chi connectivity index (χ1n) is 4.67. The van der Waals surface area contributed by atoms with Crippen LogP contribution in [0.5, 0.6) is 0 Å². The molecule has 6 heteroatoms. The van der Waals surface area contributed by atoms with Crippen LogP contribution in [0, 0.1) is 6.92 Å². The average Bonchev–Trinajstić information content (AvgIpc) is 2.48. The van der Waals surface area contributed by atoms with Crippen molar-refractivity contribution in [1.29, 1.82) is 0 Å². The molecule has 84 valence electrons. The summed E-state index contributed by atoms with van der Waals surface area (Å²) in [6, 6.07) is -0.865. The topological polar surface area (TPSA) is 109 Å². The van der Waals surface area contributed by atoms with Crippen LogP contribution in [0.2, 0.25) is 0 Å². The summed E-state index contributed by atoms with van der Waals surface area (Å²) in [4.78, 5) is 21.6. The molecule has 0 aliphatic heterocycles. The minimum absolute atomic E-state index is 0.253. The van der Waals surface area contributed by atoms with Crippen molar-refractivity contribution >= 4 is 5.97 Å². The molecule has 15 heavy (non-hydrogen) atoms. The van der Waals surface area contributed by atoms with Gasteiger partial charge in [-0.2, -0.15) is 5.16 Å². The highest BCUT2D eigenvalue weighted by Crippen LogP contribution is 2.06. The highest BCUT2D eigenvalue weighted by atomic mass is 16.5. The molecule has 0 amide bonds. The number of rotatable bonds is 5. The van der Waals surface area contributed by atoms with Gasteiger partial charge in [-0.1, -0.05) is 0 Å². The van der Waals surface area contributed by atoms with Gasteiger partial charge in [-0.3, -0.25) is 9.59 Å². The number of hydrogen-bond acceptors (Lipinski definition) is 4. The van der Waals surface area contributed by atoms with Gasteiger partial charge in [-0.05, 0) is 26.2 Å². The van der Waals surface area contributed by atoms with Crippen LogP contribution in [0.4, 0.5) is 0 Å². The third-order valence-electron chi connectivity index (χ3n) is 2.25. The van der Waals surface area contributed by atoms with Gasteiger partial charge in [0.2, 0.25) is 0 Å². The Bertz CT molecular complexity index is 393. The van der Waals surface area contributed by atoms with Crippen molar-refractivity contribution in [3.63, 3.8) is 0 Å². The summed E-state index contributed by atoms with van der Waals surface area (Å²) in [7, 11) is 0. The van der Waals surface area contributed by atoms with E-state index in [1.54, 1.807) is 6.92 Å². The van der Waals surface area contributed by atoms with Crippen molar-refractivity contribution in [2.75, 3.05) is 0 Å². The van der Waals surface area contributed by atoms with Crippen LogP contribution >= 0.6 is 0 Å². The first-order valence-corrected chi connectivity index (χ1v) is 4.67. The molecule has 0 radical (unpaired) electrons. The smallest absolute Gasteiger partial charge is 0.320 e. The van der Waals surface area contributed by atoms with Crippen molar-refractivity contribution < 1.29 is 14.4 Å². The molecule has 1 heterocycles. The van der Waals surface area contributed by atoms with Gasteiger partial charge in [0.05, 0.1) is 5.56 Å². The first-order chi connectivity index (χ1) is 7.02. The maximum absolute atomic E-state index is 11.2. The number of aryl methyl sites for hydroxylation is 1. The standard InChI is InChI=1S/C9H14N2O4/c1-5-6(8(12)11-15-5)3-2-4-7(10)9(13)14/h7H,2-4,10H2,1H3,(H,11,12)(H,13,14)/t7-/m0/s1. The molecule has 0 aliphatic carbocycles. The molecule has 0 unspecified atom stereocenters. The number of aliphatic carboxylic acids is 1. The van der Waals surface area contributed by atoms with Crippen LogP contribution in [0.15, 0.2) is 9.32 Å². The minimum Gasteiger partial charge on any atom is -0.480 e. The van der Waals surface area contributed by atoms with Gasteiger partial charge in [0.15, 0.2) is 0 Å². The molecular weight excluding hydrogens is 200 g/mol. The number of carboxylic acid groups (broad SMARTS) is 1. The fourth-order valence-electron chi connectivity index (χ4n) is 1.32. The molecule has 0 saturated carbocycles. The summed E-state index contributed by atoms with van der Waals surface area (Å²) < 4.78 is 4.82. The quantitative estimate of drug-likeness (QED) is 0.639. The SMILES string of the molecule is Cc1o[nH]c(=O)c1CCC[C@H](N)C(=O)O. The van der Waals surface area contributed by atoms with Gasteiger partial charge in [0.25, 0.3) is 5.56 Å². The predicted octanol–water partition coefficient (Wildman–Crippen LogP) is 0.0109. The number of carbonyl (C=O) groups is 1. The number of H-pyrrole nitrogens is 1. The van der Waals surface area contributed by atoms with E-state index >= 15 is 0 Å². The van der Waals surface area contributed by atoms with E-state index in [0.29, 0.717) is 30.6 Å². The number of nitrogens with one attached hydrogen (secondary N) is 1. The summed E-state index contributed by atoms with van der Waals surface area (Å²) in [5.74, 6) is -0.475. The van der Waals surface area contributed by atoms with Crippen LogP contribution in [0.1, 0.15) is 24.2 Å². The first kappa shape index (κ1) is 11.5. The molecule has 0 aromatic carbocycles. The Morgan fingerprint density at radius 1 is 1.67 bits per heavy atom. The lowest BCUT2D eigenvalue weighted by molar-refractivity contribution is -0.138. The number of aromatic amines is 1. The molecule has 0 aliphatic rings. The van der Waals surface area contributed by atoms with Crippen LogP contribution in [-0.2, 0) is 11.2 Å². The number of hydrogen-bond donors (Lipinski definition) is 3.